The lowest BCUT2D eigenvalue weighted by Crippen LogP contribution is -2.47. The topological polar surface area (TPSA) is 92.9 Å². The van der Waals surface area contributed by atoms with Gasteiger partial charge in [0.1, 0.15) is 10.7 Å². The number of anilines is 1. The highest BCUT2D eigenvalue weighted by molar-refractivity contribution is 7.89. The molecule has 0 unspecified atom stereocenters. The van der Waals surface area contributed by atoms with Crippen LogP contribution in [-0.2, 0) is 14.8 Å². The summed E-state index contributed by atoms with van der Waals surface area (Å²) >= 11 is 0. The number of rotatable bonds is 4. The molecule has 0 bridgehead atoms. The van der Waals surface area contributed by atoms with Gasteiger partial charge in [-0.1, -0.05) is 0 Å². The maximum absolute atomic E-state index is 13.8. The molecule has 0 aromatic heterocycles. The Morgan fingerprint density at radius 2 is 2.05 bits per heavy atom. The Kier molecular flexibility index (Phi) is 4.52. The normalized spacial score (nSPS) is 18.9. The van der Waals surface area contributed by atoms with E-state index in [1.165, 1.54) is 13.1 Å². The molecule has 0 saturated carbocycles. The summed E-state index contributed by atoms with van der Waals surface area (Å²) in [5, 5.41) is 10.4. The van der Waals surface area contributed by atoms with E-state index < -0.39 is 26.3 Å². The summed E-state index contributed by atoms with van der Waals surface area (Å²) in [5.41, 5.74) is 4.42. The summed E-state index contributed by atoms with van der Waals surface area (Å²) in [5.74, 6) is -0.902. The fraction of sp³-hybridized carbons (Fsp3) is 0.538. The average molecular weight is 318 g/mol. The van der Waals surface area contributed by atoms with Crippen molar-refractivity contribution in [1.82, 2.24) is 4.31 Å². The lowest BCUT2D eigenvalue weighted by Gasteiger charge is -2.35. The fourth-order valence-corrected chi connectivity index (χ4v) is 3.59. The molecule has 0 amide bonds. The Morgan fingerprint density at radius 3 is 2.62 bits per heavy atom. The van der Waals surface area contributed by atoms with Gasteiger partial charge in [-0.15, -0.1) is 0 Å². The zero-order valence-electron chi connectivity index (χ0n) is 11.8. The highest BCUT2D eigenvalue weighted by Gasteiger charge is 2.35. The number of nitrogens with zero attached hydrogens (tertiary/aromatic N) is 1. The van der Waals surface area contributed by atoms with Gasteiger partial charge in [0.15, 0.2) is 0 Å². The fourth-order valence-electron chi connectivity index (χ4n) is 2.30. The van der Waals surface area contributed by atoms with E-state index >= 15 is 0 Å². The van der Waals surface area contributed by atoms with E-state index in [0.717, 1.165) is 16.4 Å². The SMILES string of the molecule is CN(CC1(O)CCOCC1)S(=O)(=O)c1ccc(N)cc1F. The number of aliphatic hydroxyl groups is 1. The number of ether oxygens (including phenoxy) is 1. The number of halogens is 1. The Balaban J connectivity index is 2.22. The summed E-state index contributed by atoms with van der Waals surface area (Å²) < 4.78 is 44.7. The molecule has 0 atom stereocenters. The molecular weight excluding hydrogens is 299 g/mol. The van der Waals surface area contributed by atoms with Crippen LogP contribution in [0.1, 0.15) is 12.8 Å². The molecule has 1 aromatic carbocycles. The third kappa shape index (κ3) is 3.52. The van der Waals surface area contributed by atoms with Crippen molar-refractivity contribution in [3.05, 3.63) is 24.0 Å². The molecule has 1 aliphatic heterocycles. The van der Waals surface area contributed by atoms with Gasteiger partial charge in [0, 0.05) is 45.3 Å². The van der Waals surface area contributed by atoms with Crippen molar-refractivity contribution in [2.75, 3.05) is 32.5 Å². The van der Waals surface area contributed by atoms with E-state index in [1.54, 1.807) is 0 Å². The molecular formula is C13H19FN2O4S. The van der Waals surface area contributed by atoms with E-state index in [1.807, 2.05) is 0 Å². The number of sulfonamides is 1. The van der Waals surface area contributed by atoms with Crippen molar-refractivity contribution in [3.63, 3.8) is 0 Å². The van der Waals surface area contributed by atoms with Crippen molar-refractivity contribution < 1.29 is 22.7 Å². The molecule has 1 aliphatic rings. The number of hydrogen-bond acceptors (Lipinski definition) is 5. The molecule has 1 heterocycles. The molecule has 0 spiro atoms. The van der Waals surface area contributed by atoms with Crippen molar-refractivity contribution in [2.24, 2.45) is 0 Å². The van der Waals surface area contributed by atoms with Crippen LogP contribution in [0.2, 0.25) is 0 Å². The Labute approximate surface area is 123 Å². The first kappa shape index (κ1) is 16.2. The first-order valence-electron chi connectivity index (χ1n) is 6.56. The minimum absolute atomic E-state index is 0.109. The highest BCUT2D eigenvalue weighted by Crippen LogP contribution is 2.26. The van der Waals surface area contributed by atoms with Gasteiger partial charge >= 0.3 is 0 Å². The molecule has 2 rings (SSSR count). The third-order valence-electron chi connectivity index (χ3n) is 3.58. The second-order valence-electron chi connectivity index (χ2n) is 5.29. The van der Waals surface area contributed by atoms with Crippen molar-refractivity contribution >= 4 is 15.7 Å². The van der Waals surface area contributed by atoms with Gasteiger partial charge in [-0.3, -0.25) is 0 Å². The van der Waals surface area contributed by atoms with Crippen LogP contribution in [0.25, 0.3) is 0 Å². The summed E-state index contributed by atoms with van der Waals surface area (Å²) in [6.45, 7) is 0.643. The molecule has 0 aliphatic carbocycles. The first-order chi connectivity index (χ1) is 9.74. The quantitative estimate of drug-likeness (QED) is 0.792. The van der Waals surface area contributed by atoms with Gasteiger partial charge in [0.2, 0.25) is 10.0 Å². The van der Waals surface area contributed by atoms with Crippen LogP contribution < -0.4 is 5.73 Å². The predicted molar refractivity (Wildman–Crippen MR) is 75.6 cm³/mol. The molecule has 118 valence electrons. The van der Waals surface area contributed by atoms with Crippen molar-refractivity contribution in [2.45, 2.75) is 23.3 Å². The van der Waals surface area contributed by atoms with Crippen LogP contribution >= 0.6 is 0 Å². The van der Waals surface area contributed by atoms with Crippen LogP contribution in [-0.4, -0.2) is 50.2 Å². The molecule has 1 fully saturated rings. The van der Waals surface area contributed by atoms with E-state index in [2.05, 4.69) is 0 Å². The summed E-state index contributed by atoms with van der Waals surface area (Å²) in [4.78, 5) is -0.449. The van der Waals surface area contributed by atoms with Crippen LogP contribution in [0, 0.1) is 5.82 Å². The maximum atomic E-state index is 13.8. The minimum Gasteiger partial charge on any atom is -0.399 e. The maximum Gasteiger partial charge on any atom is 0.245 e. The van der Waals surface area contributed by atoms with Crippen LogP contribution in [0.4, 0.5) is 10.1 Å². The zero-order chi connectivity index (χ0) is 15.7. The smallest absolute Gasteiger partial charge is 0.245 e. The van der Waals surface area contributed by atoms with Gasteiger partial charge in [-0.05, 0) is 18.2 Å². The van der Waals surface area contributed by atoms with E-state index in [9.17, 15) is 17.9 Å². The van der Waals surface area contributed by atoms with Gasteiger partial charge in [0.25, 0.3) is 0 Å². The lowest BCUT2D eigenvalue weighted by molar-refractivity contribution is -0.0689. The van der Waals surface area contributed by atoms with E-state index in [-0.39, 0.29) is 12.2 Å². The zero-order valence-corrected chi connectivity index (χ0v) is 12.6. The summed E-state index contributed by atoms with van der Waals surface area (Å²) in [7, 11) is -2.70. The predicted octanol–water partition coefficient (Wildman–Crippen LogP) is 0.570. The van der Waals surface area contributed by atoms with Crippen LogP contribution in [0.15, 0.2) is 23.1 Å². The highest BCUT2D eigenvalue weighted by atomic mass is 32.2. The van der Waals surface area contributed by atoms with Crippen LogP contribution in [0.3, 0.4) is 0 Å². The number of benzene rings is 1. The van der Waals surface area contributed by atoms with Gasteiger partial charge in [-0.25, -0.2) is 12.8 Å². The van der Waals surface area contributed by atoms with Gasteiger partial charge < -0.3 is 15.6 Å². The summed E-state index contributed by atoms with van der Waals surface area (Å²) in [6, 6.07) is 3.42. The standard InChI is InChI=1S/C13H19FN2O4S/c1-16(9-13(17)4-6-20-7-5-13)21(18,19)12-3-2-10(15)8-11(12)14/h2-3,8,17H,4-7,9,15H2,1H3. The van der Waals surface area contributed by atoms with Gasteiger partial charge in [0.05, 0.1) is 5.60 Å². The third-order valence-corrected chi connectivity index (χ3v) is 5.42. The molecule has 1 saturated heterocycles. The lowest BCUT2D eigenvalue weighted by atomic mass is 9.95. The molecule has 1 aromatic rings. The Morgan fingerprint density at radius 1 is 1.43 bits per heavy atom. The second-order valence-corrected chi connectivity index (χ2v) is 7.30. The minimum atomic E-state index is -4.02. The Hall–Kier alpha value is -1.22. The first-order valence-corrected chi connectivity index (χ1v) is 8.00. The molecule has 6 nitrogen and oxygen atoms in total. The number of nitrogen functional groups attached to an aromatic ring is 1. The molecule has 3 N–H and O–H groups in total. The van der Waals surface area contributed by atoms with E-state index in [4.69, 9.17) is 10.5 Å². The second kappa shape index (κ2) is 5.88. The van der Waals surface area contributed by atoms with E-state index in [0.29, 0.717) is 26.1 Å². The monoisotopic (exact) mass is 318 g/mol. The summed E-state index contributed by atoms with van der Waals surface area (Å²) in [6.07, 6.45) is 0.689. The van der Waals surface area contributed by atoms with Crippen molar-refractivity contribution in [1.29, 1.82) is 0 Å². The number of nitrogens with two attached hydrogens (primary N) is 1. The molecule has 8 heteroatoms. The van der Waals surface area contributed by atoms with Crippen LogP contribution in [0.5, 0.6) is 0 Å². The Bertz CT molecular complexity index is 615. The average Bonchev–Trinajstić information content (AvgIpc) is 2.38. The van der Waals surface area contributed by atoms with Gasteiger partial charge in [-0.2, -0.15) is 4.31 Å². The largest absolute Gasteiger partial charge is 0.399 e. The number of hydrogen-bond donors (Lipinski definition) is 2. The molecule has 0 radical (unpaired) electrons. The molecule has 21 heavy (non-hydrogen) atoms. The van der Waals surface area contributed by atoms with Crippen molar-refractivity contribution in [3.8, 4) is 0 Å². The number of likely N-dealkylation sites (N-methyl/N-ethyl adjacent to an activating group) is 1.